The normalized spacial score (nSPS) is 10.6. The first-order valence-corrected chi connectivity index (χ1v) is 5.75. The lowest BCUT2D eigenvalue weighted by Crippen LogP contribution is -2.16. The second-order valence-electron chi connectivity index (χ2n) is 3.96. The number of rotatable bonds is 6. The quantitative estimate of drug-likeness (QED) is 0.775. The summed E-state index contributed by atoms with van der Waals surface area (Å²) in [6, 6.07) is 6.58. The van der Waals surface area contributed by atoms with Gasteiger partial charge in [-0.2, -0.15) is 0 Å². The Morgan fingerprint density at radius 2 is 2.06 bits per heavy atom. The summed E-state index contributed by atoms with van der Waals surface area (Å²) in [5.41, 5.74) is 1.11. The highest BCUT2D eigenvalue weighted by Crippen LogP contribution is 2.01. The molecule has 2 aromatic rings. The Labute approximate surface area is 100 Å². The molecule has 3 nitrogen and oxygen atoms in total. The van der Waals surface area contributed by atoms with Crippen molar-refractivity contribution in [3.8, 4) is 0 Å². The zero-order valence-electron chi connectivity index (χ0n) is 9.64. The summed E-state index contributed by atoms with van der Waals surface area (Å²) in [6.45, 7) is 2.69. The molecule has 0 fully saturated rings. The number of imidazole rings is 1. The van der Waals surface area contributed by atoms with E-state index in [0.29, 0.717) is 0 Å². The van der Waals surface area contributed by atoms with Crippen LogP contribution in [0.3, 0.4) is 0 Å². The van der Waals surface area contributed by atoms with Crippen LogP contribution in [-0.4, -0.2) is 16.1 Å². The van der Waals surface area contributed by atoms with Crippen molar-refractivity contribution < 1.29 is 4.39 Å². The average molecular weight is 233 g/mol. The van der Waals surface area contributed by atoms with Crippen LogP contribution in [0.25, 0.3) is 0 Å². The number of nitrogens with one attached hydrogen (secondary N) is 1. The minimum absolute atomic E-state index is 0.186. The van der Waals surface area contributed by atoms with Crippen molar-refractivity contribution in [1.82, 2.24) is 14.9 Å². The molecule has 4 heteroatoms. The lowest BCUT2D eigenvalue weighted by molar-refractivity contribution is 0.579. The SMILES string of the molecule is Fc1ccc(CNCCCn2ccnc2)cc1. The van der Waals surface area contributed by atoms with Gasteiger partial charge in [-0.25, -0.2) is 9.37 Å². The number of benzene rings is 1. The predicted octanol–water partition coefficient (Wildman–Crippen LogP) is 2.20. The maximum Gasteiger partial charge on any atom is 0.123 e. The van der Waals surface area contributed by atoms with Gasteiger partial charge < -0.3 is 9.88 Å². The van der Waals surface area contributed by atoms with E-state index in [2.05, 4.69) is 14.9 Å². The topological polar surface area (TPSA) is 29.9 Å². The molecule has 0 amide bonds. The third kappa shape index (κ3) is 4.00. The van der Waals surface area contributed by atoms with Crippen LogP contribution in [-0.2, 0) is 13.1 Å². The fourth-order valence-electron chi connectivity index (χ4n) is 1.64. The molecule has 0 radical (unpaired) electrons. The van der Waals surface area contributed by atoms with Crippen LogP contribution < -0.4 is 5.32 Å². The molecule has 1 aromatic carbocycles. The Morgan fingerprint density at radius 1 is 1.24 bits per heavy atom. The number of aryl methyl sites for hydroxylation is 1. The Morgan fingerprint density at radius 3 is 2.76 bits per heavy atom. The largest absolute Gasteiger partial charge is 0.337 e. The highest BCUT2D eigenvalue weighted by Gasteiger charge is 1.94. The molecule has 0 spiro atoms. The van der Waals surface area contributed by atoms with E-state index in [0.717, 1.165) is 31.6 Å². The first-order valence-electron chi connectivity index (χ1n) is 5.75. The minimum atomic E-state index is -0.186. The van der Waals surface area contributed by atoms with Crippen LogP contribution in [0.5, 0.6) is 0 Å². The van der Waals surface area contributed by atoms with Gasteiger partial charge in [0.15, 0.2) is 0 Å². The maximum atomic E-state index is 12.7. The van der Waals surface area contributed by atoms with Gasteiger partial charge in [-0.1, -0.05) is 12.1 Å². The molecule has 0 saturated heterocycles. The van der Waals surface area contributed by atoms with E-state index in [9.17, 15) is 4.39 Å². The molecular weight excluding hydrogens is 217 g/mol. The van der Waals surface area contributed by atoms with E-state index < -0.39 is 0 Å². The van der Waals surface area contributed by atoms with Crippen molar-refractivity contribution in [2.75, 3.05) is 6.54 Å². The van der Waals surface area contributed by atoms with Gasteiger partial charge in [0, 0.05) is 25.5 Å². The molecule has 1 heterocycles. The summed E-state index contributed by atoms with van der Waals surface area (Å²) in [6.07, 6.45) is 6.61. The molecule has 0 saturated carbocycles. The molecule has 0 bridgehead atoms. The van der Waals surface area contributed by atoms with Gasteiger partial charge in [0.1, 0.15) is 5.82 Å². The van der Waals surface area contributed by atoms with E-state index in [1.54, 1.807) is 18.3 Å². The molecule has 90 valence electrons. The zero-order chi connectivity index (χ0) is 11.9. The first-order chi connectivity index (χ1) is 8.34. The van der Waals surface area contributed by atoms with Crippen LogP contribution in [0, 0.1) is 5.82 Å². The van der Waals surface area contributed by atoms with Crippen molar-refractivity contribution >= 4 is 0 Å². The van der Waals surface area contributed by atoms with Crippen molar-refractivity contribution in [3.05, 3.63) is 54.4 Å². The van der Waals surface area contributed by atoms with Gasteiger partial charge >= 0.3 is 0 Å². The Bertz CT molecular complexity index is 422. The molecule has 17 heavy (non-hydrogen) atoms. The lowest BCUT2D eigenvalue weighted by Gasteiger charge is -2.05. The molecule has 1 aromatic heterocycles. The van der Waals surface area contributed by atoms with E-state index in [1.807, 2.05) is 12.5 Å². The number of hydrogen-bond donors (Lipinski definition) is 1. The third-order valence-corrected chi connectivity index (χ3v) is 2.57. The van der Waals surface area contributed by atoms with Gasteiger partial charge in [0.05, 0.1) is 6.33 Å². The molecule has 0 aliphatic carbocycles. The molecule has 0 atom stereocenters. The lowest BCUT2D eigenvalue weighted by atomic mass is 10.2. The number of hydrogen-bond acceptors (Lipinski definition) is 2. The highest BCUT2D eigenvalue weighted by atomic mass is 19.1. The van der Waals surface area contributed by atoms with Crippen LogP contribution >= 0.6 is 0 Å². The summed E-state index contributed by atoms with van der Waals surface area (Å²) in [7, 11) is 0. The molecule has 1 N–H and O–H groups in total. The molecule has 0 aliphatic heterocycles. The van der Waals surface area contributed by atoms with E-state index >= 15 is 0 Å². The van der Waals surface area contributed by atoms with E-state index in [1.165, 1.54) is 12.1 Å². The van der Waals surface area contributed by atoms with Gasteiger partial charge in [0.25, 0.3) is 0 Å². The predicted molar refractivity (Wildman–Crippen MR) is 65.0 cm³/mol. The third-order valence-electron chi connectivity index (χ3n) is 2.57. The standard InChI is InChI=1S/C13H16FN3/c14-13-4-2-12(3-5-13)10-15-6-1-8-17-9-7-16-11-17/h2-5,7,9,11,15H,1,6,8,10H2. The number of halogens is 1. The Balaban J connectivity index is 1.61. The Kier molecular flexibility index (Phi) is 4.27. The summed E-state index contributed by atoms with van der Waals surface area (Å²) >= 11 is 0. The van der Waals surface area contributed by atoms with E-state index in [-0.39, 0.29) is 5.82 Å². The number of aromatic nitrogens is 2. The first kappa shape index (κ1) is 11.8. The summed E-state index contributed by atoms with van der Waals surface area (Å²) in [4.78, 5) is 3.98. The van der Waals surface area contributed by atoms with Crippen LogP contribution in [0.2, 0.25) is 0 Å². The second-order valence-corrected chi connectivity index (χ2v) is 3.96. The van der Waals surface area contributed by atoms with Gasteiger partial charge in [-0.3, -0.25) is 0 Å². The molecule has 0 unspecified atom stereocenters. The smallest absolute Gasteiger partial charge is 0.123 e. The van der Waals surface area contributed by atoms with Crippen molar-refractivity contribution in [2.45, 2.75) is 19.5 Å². The molecule has 0 aliphatic rings. The molecular formula is C13H16FN3. The Hall–Kier alpha value is -1.68. The summed E-state index contributed by atoms with van der Waals surface area (Å²) in [5, 5.41) is 3.33. The van der Waals surface area contributed by atoms with Crippen LogP contribution in [0.4, 0.5) is 4.39 Å². The maximum absolute atomic E-state index is 12.7. The summed E-state index contributed by atoms with van der Waals surface area (Å²) in [5.74, 6) is -0.186. The van der Waals surface area contributed by atoms with Gasteiger partial charge in [-0.05, 0) is 30.7 Å². The highest BCUT2D eigenvalue weighted by molar-refractivity contribution is 5.15. The average Bonchev–Trinajstić information content (AvgIpc) is 2.84. The van der Waals surface area contributed by atoms with E-state index in [4.69, 9.17) is 0 Å². The van der Waals surface area contributed by atoms with Crippen molar-refractivity contribution in [2.24, 2.45) is 0 Å². The van der Waals surface area contributed by atoms with Crippen LogP contribution in [0.1, 0.15) is 12.0 Å². The summed E-state index contributed by atoms with van der Waals surface area (Å²) < 4.78 is 14.7. The second kappa shape index (κ2) is 6.15. The van der Waals surface area contributed by atoms with Crippen molar-refractivity contribution in [3.63, 3.8) is 0 Å². The fraction of sp³-hybridized carbons (Fsp3) is 0.308. The van der Waals surface area contributed by atoms with Gasteiger partial charge in [-0.15, -0.1) is 0 Å². The monoisotopic (exact) mass is 233 g/mol. The van der Waals surface area contributed by atoms with Gasteiger partial charge in [0.2, 0.25) is 0 Å². The zero-order valence-corrected chi connectivity index (χ0v) is 9.64. The molecule has 2 rings (SSSR count). The fourth-order valence-corrected chi connectivity index (χ4v) is 1.64. The minimum Gasteiger partial charge on any atom is -0.337 e. The van der Waals surface area contributed by atoms with Crippen molar-refractivity contribution in [1.29, 1.82) is 0 Å². The number of nitrogens with zero attached hydrogens (tertiary/aromatic N) is 2. The van der Waals surface area contributed by atoms with Crippen LogP contribution in [0.15, 0.2) is 43.0 Å².